The number of nitrogens with one attached hydrogen (secondary N) is 1. The van der Waals surface area contributed by atoms with Gasteiger partial charge in [-0.15, -0.1) is 0 Å². The molecule has 3 heteroatoms. The minimum absolute atomic E-state index is 0.528. The van der Waals surface area contributed by atoms with Gasteiger partial charge in [0.2, 0.25) is 0 Å². The third kappa shape index (κ3) is 2.38. The lowest BCUT2D eigenvalue weighted by Gasteiger charge is -2.32. The van der Waals surface area contributed by atoms with E-state index in [4.69, 9.17) is 4.98 Å². The minimum atomic E-state index is 0.528. The maximum Gasteiger partial charge on any atom is 0.0847 e. The molecule has 2 nitrogen and oxygen atoms in total. The molecule has 0 amide bonds. The van der Waals surface area contributed by atoms with Gasteiger partial charge in [0.15, 0.2) is 0 Å². The molecule has 2 atom stereocenters. The Balaban J connectivity index is 1.95. The highest BCUT2D eigenvalue weighted by molar-refractivity contribution is 7.99. The van der Waals surface area contributed by atoms with Crippen LogP contribution in [0.25, 0.3) is 5.57 Å². The van der Waals surface area contributed by atoms with Crippen LogP contribution in [0.1, 0.15) is 37.9 Å². The summed E-state index contributed by atoms with van der Waals surface area (Å²) in [6, 6.07) is 14.0. The fraction of sp³-hybridized carbons (Fsp3) is 0.316. The van der Waals surface area contributed by atoms with Crippen molar-refractivity contribution in [1.82, 2.24) is 10.3 Å². The van der Waals surface area contributed by atoms with Crippen LogP contribution in [-0.4, -0.2) is 17.1 Å². The molecule has 2 aliphatic heterocycles. The Bertz CT molecular complexity index is 691. The Kier molecular flexibility index (Phi) is 3.55. The summed E-state index contributed by atoms with van der Waals surface area (Å²) in [4.78, 5) is 7.36. The molecule has 1 aromatic carbocycles. The molecule has 0 radical (unpaired) electrons. The molecule has 22 heavy (non-hydrogen) atoms. The molecule has 1 aromatic heterocycles. The molecular weight excluding hydrogens is 288 g/mol. The summed E-state index contributed by atoms with van der Waals surface area (Å²) < 4.78 is 0. The van der Waals surface area contributed by atoms with E-state index in [9.17, 15) is 0 Å². The number of aromatic nitrogens is 1. The predicted molar refractivity (Wildman–Crippen MR) is 92.1 cm³/mol. The fourth-order valence-electron chi connectivity index (χ4n) is 3.66. The van der Waals surface area contributed by atoms with E-state index in [1.165, 1.54) is 26.6 Å². The number of benzene rings is 1. The lowest BCUT2D eigenvalue weighted by Crippen LogP contribution is -2.39. The molecule has 0 aliphatic carbocycles. The number of hydrogen-bond donors (Lipinski definition) is 1. The van der Waals surface area contributed by atoms with E-state index in [-0.39, 0.29) is 0 Å². The zero-order valence-electron chi connectivity index (χ0n) is 13.0. The first-order valence-corrected chi connectivity index (χ1v) is 8.74. The van der Waals surface area contributed by atoms with Crippen LogP contribution in [0.4, 0.5) is 0 Å². The van der Waals surface area contributed by atoms with Gasteiger partial charge in [-0.25, -0.2) is 0 Å². The summed E-state index contributed by atoms with van der Waals surface area (Å²) in [7, 11) is 0. The molecule has 4 rings (SSSR count). The summed E-state index contributed by atoms with van der Waals surface area (Å²) in [5.74, 6) is 0. The van der Waals surface area contributed by atoms with Crippen LogP contribution in [0.2, 0.25) is 0 Å². The second-order valence-electron chi connectivity index (χ2n) is 6.30. The van der Waals surface area contributed by atoms with Gasteiger partial charge in [0.25, 0.3) is 0 Å². The van der Waals surface area contributed by atoms with Gasteiger partial charge in [0.05, 0.1) is 5.69 Å². The van der Waals surface area contributed by atoms with Gasteiger partial charge < -0.3 is 5.32 Å². The third-order valence-electron chi connectivity index (χ3n) is 4.41. The Morgan fingerprint density at radius 3 is 2.55 bits per heavy atom. The predicted octanol–water partition coefficient (Wildman–Crippen LogP) is 4.51. The Hall–Kier alpha value is -1.58. The molecule has 2 unspecified atom stereocenters. The number of nitrogens with zero attached hydrogens (tertiary/aromatic N) is 1. The summed E-state index contributed by atoms with van der Waals surface area (Å²) in [6.45, 7) is 4.55. The van der Waals surface area contributed by atoms with Crippen molar-refractivity contribution in [2.45, 2.75) is 48.6 Å². The maximum absolute atomic E-state index is 4.73. The molecule has 1 saturated heterocycles. The van der Waals surface area contributed by atoms with Crippen LogP contribution in [0, 0.1) is 0 Å². The van der Waals surface area contributed by atoms with Crippen molar-refractivity contribution in [3.05, 3.63) is 59.4 Å². The van der Waals surface area contributed by atoms with Gasteiger partial charge >= 0.3 is 0 Å². The minimum Gasteiger partial charge on any atom is -0.311 e. The Morgan fingerprint density at radius 1 is 1.00 bits per heavy atom. The summed E-state index contributed by atoms with van der Waals surface area (Å²) in [6.07, 6.45) is 4.13. The maximum atomic E-state index is 4.73. The molecule has 1 N–H and O–H groups in total. The monoisotopic (exact) mass is 308 g/mol. The van der Waals surface area contributed by atoms with E-state index >= 15 is 0 Å². The highest BCUT2D eigenvalue weighted by Crippen LogP contribution is 2.46. The third-order valence-corrected chi connectivity index (χ3v) is 5.54. The van der Waals surface area contributed by atoms with Crippen LogP contribution in [0.15, 0.2) is 58.0 Å². The molecule has 0 spiro atoms. The largest absolute Gasteiger partial charge is 0.311 e. The standard InChI is InChI=1S/C19H20N2S/c1-12-10-14(11-13(2)21-12)18-15-6-3-4-7-16(15)22-17-8-5-9-20-19(17)18/h3-9,12-13,21H,10-11H2,1-2H3. The number of fused-ring (bicyclic) bond motifs is 2. The normalized spacial score (nSPS) is 23.9. The van der Waals surface area contributed by atoms with Crippen molar-refractivity contribution < 1.29 is 0 Å². The molecule has 1 fully saturated rings. The zero-order valence-corrected chi connectivity index (χ0v) is 13.8. The molecule has 3 heterocycles. The molecular formula is C19H20N2S. The first-order valence-electron chi connectivity index (χ1n) is 7.93. The van der Waals surface area contributed by atoms with Crippen molar-refractivity contribution in [1.29, 1.82) is 0 Å². The van der Waals surface area contributed by atoms with Crippen LogP contribution in [0.3, 0.4) is 0 Å². The summed E-state index contributed by atoms with van der Waals surface area (Å²) in [5, 5.41) is 3.64. The number of rotatable bonds is 0. The molecule has 0 saturated carbocycles. The van der Waals surface area contributed by atoms with Gasteiger partial charge in [-0.2, -0.15) is 0 Å². The molecule has 2 aromatic rings. The van der Waals surface area contributed by atoms with Crippen molar-refractivity contribution in [2.75, 3.05) is 0 Å². The van der Waals surface area contributed by atoms with E-state index < -0.39 is 0 Å². The van der Waals surface area contributed by atoms with E-state index in [0.29, 0.717) is 12.1 Å². The van der Waals surface area contributed by atoms with Gasteiger partial charge in [-0.05, 0) is 50.5 Å². The Labute approximate surface area is 136 Å². The number of piperidine rings is 1. The first kappa shape index (κ1) is 14.0. The number of pyridine rings is 1. The first-order chi connectivity index (χ1) is 10.7. The van der Waals surface area contributed by atoms with Crippen LogP contribution >= 0.6 is 11.8 Å². The van der Waals surface area contributed by atoms with Crippen molar-refractivity contribution >= 4 is 17.3 Å². The summed E-state index contributed by atoms with van der Waals surface area (Å²) in [5.41, 5.74) is 5.45. The number of hydrogen-bond acceptors (Lipinski definition) is 3. The van der Waals surface area contributed by atoms with Crippen molar-refractivity contribution in [2.24, 2.45) is 0 Å². The van der Waals surface area contributed by atoms with Crippen molar-refractivity contribution in [3.8, 4) is 0 Å². The molecule has 0 bridgehead atoms. The highest BCUT2D eigenvalue weighted by atomic mass is 32.2. The van der Waals surface area contributed by atoms with E-state index in [0.717, 1.165) is 12.8 Å². The van der Waals surface area contributed by atoms with E-state index in [2.05, 4.69) is 49.5 Å². The quantitative estimate of drug-likeness (QED) is 0.661. The lowest BCUT2D eigenvalue weighted by atomic mass is 9.86. The highest BCUT2D eigenvalue weighted by Gasteiger charge is 2.28. The average molecular weight is 308 g/mol. The zero-order chi connectivity index (χ0) is 15.1. The van der Waals surface area contributed by atoms with Crippen LogP contribution in [0.5, 0.6) is 0 Å². The Morgan fingerprint density at radius 2 is 1.73 bits per heavy atom. The smallest absolute Gasteiger partial charge is 0.0847 e. The van der Waals surface area contributed by atoms with Crippen LogP contribution < -0.4 is 5.32 Å². The second-order valence-corrected chi connectivity index (χ2v) is 7.39. The van der Waals surface area contributed by atoms with Gasteiger partial charge in [-0.1, -0.05) is 35.5 Å². The summed E-state index contributed by atoms with van der Waals surface area (Å²) >= 11 is 1.84. The second kappa shape index (κ2) is 5.56. The lowest BCUT2D eigenvalue weighted by molar-refractivity contribution is 0.412. The fourth-order valence-corrected chi connectivity index (χ4v) is 4.72. The van der Waals surface area contributed by atoms with Gasteiger partial charge in [-0.3, -0.25) is 4.98 Å². The van der Waals surface area contributed by atoms with Gasteiger partial charge in [0.1, 0.15) is 0 Å². The van der Waals surface area contributed by atoms with Gasteiger partial charge in [0, 0.05) is 33.6 Å². The van der Waals surface area contributed by atoms with E-state index in [1.54, 1.807) is 5.57 Å². The molecule has 112 valence electrons. The van der Waals surface area contributed by atoms with E-state index in [1.807, 2.05) is 24.0 Å². The topological polar surface area (TPSA) is 24.9 Å². The molecule has 2 aliphatic rings. The average Bonchev–Trinajstić information content (AvgIpc) is 2.51. The van der Waals surface area contributed by atoms with Crippen LogP contribution in [-0.2, 0) is 0 Å². The SMILES string of the molecule is CC1CC(=C2c3ccccc3Sc3cccnc32)CC(C)N1. The van der Waals surface area contributed by atoms with Crippen molar-refractivity contribution in [3.63, 3.8) is 0 Å².